The highest BCUT2D eigenvalue weighted by Crippen LogP contribution is 2.42. The molecule has 3 atom stereocenters. The zero-order valence-electron chi connectivity index (χ0n) is 11.5. The van der Waals surface area contributed by atoms with Gasteiger partial charge in [-0.05, 0) is 58.8 Å². The number of hydrogen-bond donors (Lipinski definition) is 2. The third-order valence-corrected chi connectivity index (χ3v) is 5.34. The first-order valence-electron chi connectivity index (χ1n) is 7.08. The van der Waals surface area contributed by atoms with E-state index >= 15 is 0 Å². The van der Waals surface area contributed by atoms with E-state index in [0.717, 1.165) is 19.3 Å². The molecule has 2 fully saturated rings. The Labute approximate surface area is 131 Å². The van der Waals surface area contributed by atoms with Crippen LogP contribution in [0.2, 0.25) is 0 Å². The largest absolute Gasteiger partial charge is 0.480 e. The van der Waals surface area contributed by atoms with Crippen molar-refractivity contribution in [3.05, 3.63) is 28.2 Å². The summed E-state index contributed by atoms with van der Waals surface area (Å²) in [5, 5.41) is 9.50. The van der Waals surface area contributed by atoms with Crippen molar-refractivity contribution < 1.29 is 14.7 Å². The summed E-state index contributed by atoms with van der Waals surface area (Å²) in [4.78, 5) is 25.8. The van der Waals surface area contributed by atoms with Gasteiger partial charge in [0.25, 0.3) is 5.91 Å². The molecule has 0 aromatic heterocycles. The van der Waals surface area contributed by atoms with Crippen LogP contribution < -0.4 is 5.73 Å². The summed E-state index contributed by atoms with van der Waals surface area (Å²) >= 11 is 3.30. The predicted octanol–water partition coefficient (Wildman–Crippen LogP) is 2.36. The minimum Gasteiger partial charge on any atom is -0.480 e. The van der Waals surface area contributed by atoms with Gasteiger partial charge >= 0.3 is 5.97 Å². The van der Waals surface area contributed by atoms with Crippen LogP contribution in [-0.4, -0.2) is 34.5 Å². The van der Waals surface area contributed by atoms with E-state index in [0.29, 0.717) is 28.2 Å². The maximum absolute atomic E-state index is 12.7. The number of anilines is 1. The fourth-order valence-corrected chi connectivity index (χ4v) is 4.04. The van der Waals surface area contributed by atoms with E-state index in [4.69, 9.17) is 5.73 Å². The van der Waals surface area contributed by atoms with Crippen LogP contribution >= 0.6 is 15.9 Å². The molecule has 5 nitrogen and oxygen atoms in total. The second kappa shape index (κ2) is 5.33. The van der Waals surface area contributed by atoms with Crippen molar-refractivity contribution in [1.82, 2.24) is 4.90 Å². The molecular weight excluding hydrogens is 336 g/mol. The van der Waals surface area contributed by atoms with Gasteiger partial charge in [-0.25, -0.2) is 4.79 Å². The second-order valence-electron chi connectivity index (χ2n) is 5.83. The maximum Gasteiger partial charge on any atom is 0.326 e. The molecule has 1 amide bonds. The number of nitrogens with zero attached hydrogens (tertiary/aromatic N) is 1. The first-order valence-corrected chi connectivity index (χ1v) is 7.87. The molecule has 3 rings (SSSR count). The van der Waals surface area contributed by atoms with E-state index in [1.165, 1.54) is 4.90 Å². The molecular formula is C15H17BrN2O3. The molecule has 0 spiro atoms. The number of amides is 1. The molecule has 1 aliphatic heterocycles. The Morgan fingerprint density at radius 2 is 2.10 bits per heavy atom. The molecule has 3 N–H and O–H groups in total. The van der Waals surface area contributed by atoms with Gasteiger partial charge in [0.05, 0.1) is 0 Å². The lowest BCUT2D eigenvalue weighted by Crippen LogP contribution is -2.43. The number of carbonyl (C=O) groups is 2. The smallest absolute Gasteiger partial charge is 0.326 e. The van der Waals surface area contributed by atoms with Crippen molar-refractivity contribution in [2.45, 2.75) is 25.3 Å². The first-order chi connectivity index (χ1) is 9.99. The van der Waals surface area contributed by atoms with E-state index in [9.17, 15) is 14.7 Å². The van der Waals surface area contributed by atoms with E-state index < -0.39 is 12.0 Å². The van der Waals surface area contributed by atoms with E-state index in [1.807, 2.05) is 0 Å². The normalized spacial score (nSPS) is 27.7. The summed E-state index contributed by atoms with van der Waals surface area (Å²) in [6, 6.07) is 4.27. The summed E-state index contributed by atoms with van der Waals surface area (Å²) < 4.78 is 0.652. The fourth-order valence-electron chi connectivity index (χ4n) is 3.66. The molecule has 0 bridgehead atoms. The highest BCUT2D eigenvalue weighted by atomic mass is 79.9. The molecule has 112 valence electrons. The van der Waals surface area contributed by atoms with Crippen LogP contribution in [0.3, 0.4) is 0 Å². The lowest BCUT2D eigenvalue weighted by molar-refractivity contribution is -0.142. The Hall–Kier alpha value is -1.56. The van der Waals surface area contributed by atoms with Crippen molar-refractivity contribution in [1.29, 1.82) is 0 Å². The van der Waals surface area contributed by atoms with Gasteiger partial charge in [-0.2, -0.15) is 0 Å². The Balaban J connectivity index is 1.89. The number of carboxylic acids is 1. The van der Waals surface area contributed by atoms with Gasteiger partial charge in [0.15, 0.2) is 0 Å². The molecule has 1 heterocycles. The molecule has 1 saturated heterocycles. The van der Waals surface area contributed by atoms with Gasteiger partial charge in [-0.15, -0.1) is 0 Å². The number of hydrogen-bond acceptors (Lipinski definition) is 3. The number of fused-ring (bicyclic) bond motifs is 1. The summed E-state index contributed by atoms with van der Waals surface area (Å²) in [5.74, 6) is -0.694. The molecule has 1 aromatic rings. The molecule has 1 aliphatic carbocycles. The number of benzene rings is 1. The van der Waals surface area contributed by atoms with Crippen molar-refractivity contribution in [3.63, 3.8) is 0 Å². The van der Waals surface area contributed by atoms with Crippen LogP contribution in [0.5, 0.6) is 0 Å². The average Bonchev–Trinajstić information content (AvgIpc) is 3.00. The van der Waals surface area contributed by atoms with Gasteiger partial charge in [-0.1, -0.05) is 6.42 Å². The third-order valence-electron chi connectivity index (χ3n) is 4.65. The van der Waals surface area contributed by atoms with Crippen molar-refractivity contribution in [2.75, 3.05) is 12.3 Å². The number of carboxylic acid groups (broad SMARTS) is 1. The molecule has 2 aliphatic rings. The van der Waals surface area contributed by atoms with Crippen LogP contribution in [0.1, 0.15) is 29.6 Å². The summed E-state index contributed by atoms with van der Waals surface area (Å²) in [6.45, 7) is 0.544. The van der Waals surface area contributed by atoms with Gasteiger partial charge in [0.1, 0.15) is 6.04 Å². The minimum absolute atomic E-state index is 0.101. The van der Waals surface area contributed by atoms with Crippen LogP contribution in [0.25, 0.3) is 0 Å². The predicted molar refractivity (Wildman–Crippen MR) is 81.8 cm³/mol. The van der Waals surface area contributed by atoms with Gasteiger partial charge < -0.3 is 15.7 Å². The highest BCUT2D eigenvalue weighted by molar-refractivity contribution is 9.10. The highest BCUT2D eigenvalue weighted by Gasteiger charge is 2.49. The number of nitrogens with two attached hydrogens (primary N) is 1. The number of likely N-dealkylation sites (tertiary alicyclic amines) is 1. The topological polar surface area (TPSA) is 83.6 Å². The van der Waals surface area contributed by atoms with Crippen LogP contribution in [-0.2, 0) is 4.79 Å². The van der Waals surface area contributed by atoms with Crippen LogP contribution in [0.15, 0.2) is 22.7 Å². The number of aliphatic carboxylic acids is 1. The molecule has 6 heteroatoms. The zero-order chi connectivity index (χ0) is 15.1. The Morgan fingerprint density at radius 1 is 1.33 bits per heavy atom. The average molecular weight is 353 g/mol. The monoisotopic (exact) mass is 352 g/mol. The summed E-state index contributed by atoms with van der Waals surface area (Å²) in [7, 11) is 0. The maximum atomic E-state index is 12.7. The number of halogens is 1. The fraction of sp³-hybridized carbons (Fsp3) is 0.467. The Bertz CT molecular complexity index is 605. The van der Waals surface area contributed by atoms with Crippen LogP contribution in [0.4, 0.5) is 5.69 Å². The first kappa shape index (κ1) is 14.4. The summed E-state index contributed by atoms with van der Waals surface area (Å²) in [6.07, 6.45) is 2.98. The Kier molecular flexibility index (Phi) is 3.65. The minimum atomic E-state index is -0.896. The van der Waals surface area contributed by atoms with Gasteiger partial charge in [-0.3, -0.25) is 4.79 Å². The van der Waals surface area contributed by atoms with Crippen molar-refractivity contribution in [3.8, 4) is 0 Å². The van der Waals surface area contributed by atoms with E-state index in [1.54, 1.807) is 18.2 Å². The van der Waals surface area contributed by atoms with Crippen LogP contribution in [0, 0.1) is 11.8 Å². The SMILES string of the molecule is Nc1ccc(C(=O)N2CC3CCCC3C2C(=O)O)cc1Br. The van der Waals surface area contributed by atoms with Gasteiger partial charge in [0, 0.05) is 22.3 Å². The molecule has 21 heavy (non-hydrogen) atoms. The number of carbonyl (C=O) groups excluding carboxylic acids is 1. The standard InChI is InChI=1S/C15H17BrN2O3/c16-11-6-8(4-5-12(11)17)14(19)18-7-9-2-1-3-10(9)13(18)15(20)21/h4-6,9-10,13H,1-3,7,17H2,(H,20,21). The molecule has 1 aromatic carbocycles. The lowest BCUT2D eigenvalue weighted by Gasteiger charge is -2.24. The van der Waals surface area contributed by atoms with Gasteiger partial charge in [0.2, 0.25) is 0 Å². The molecule has 1 saturated carbocycles. The van der Waals surface area contributed by atoms with Crippen molar-refractivity contribution >= 4 is 33.5 Å². The van der Waals surface area contributed by atoms with E-state index in [-0.39, 0.29) is 11.8 Å². The second-order valence-corrected chi connectivity index (χ2v) is 6.69. The third kappa shape index (κ3) is 2.41. The number of nitrogen functional groups attached to an aromatic ring is 1. The quantitative estimate of drug-likeness (QED) is 0.800. The summed E-state index contributed by atoms with van der Waals surface area (Å²) in [5.41, 5.74) is 6.76. The molecule has 3 unspecified atom stereocenters. The zero-order valence-corrected chi connectivity index (χ0v) is 13.0. The van der Waals surface area contributed by atoms with E-state index in [2.05, 4.69) is 15.9 Å². The Morgan fingerprint density at radius 3 is 2.76 bits per heavy atom. The number of rotatable bonds is 2. The van der Waals surface area contributed by atoms with Crippen molar-refractivity contribution in [2.24, 2.45) is 11.8 Å². The lowest BCUT2D eigenvalue weighted by atomic mass is 9.94. The molecule has 0 radical (unpaired) electrons.